The van der Waals surface area contributed by atoms with E-state index in [1.807, 2.05) is 6.92 Å². The van der Waals surface area contributed by atoms with Crippen molar-refractivity contribution in [2.45, 2.75) is 13.0 Å². The van der Waals surface area contributed by atoms with Crippen LogP contribution < -0.4 is 14.8 Å². The number of H-pyrrole nitrogens is 1. The number of hydrogen-bond donors (Lipinski definition) is 3. The zero-order chi connectivity index (χ0) is 26.8. The lowest BCUT2D eigenvalue weighted by Gasteiger charge is -2.26. The molecule has 0 saturated carbocycles. The summed E-state index contributed by atoms with van der Waals surface area (Å²) >= 11 is 0. The standard InChI is InChI=1S/C27H23F2N5O4/c1-14-17(12-35)13-37-27(33-14)34-18-8-20(28)25(21(29)9-18)38-22-5-6-31-26-24(22)19(11-32-26)15-3-4-16(10-30)23(7-15)36-2/h3-9,11,14,17,35H,12-13H2,1-2H3,(H,31,32)(H,33,34). The molecule has 3 heterocycles. The van der Waals surface area contributed by atoms with Crippen LogP contribution >= 0.6 is 0 Å². The van der Waals surface area contributed by atoms with Crippen molar-refractivity contribution < 1.29 is 28.1 Å². The van der Waals surface area contributed by atoms with E-state index < -0.39 is 17.4 Å². The summed E-state index contributed by atoms with van der Waals surface area (Å²) in [6.07, 6.45) is 3.15. The molecular weight excluding hydrogens is 496 g/mol. The molecule has 2 atom stereocenters. The first-order valence-electron chi connectivity index (χ1n) is 11.7. The number of aliphatic hydroxyl groups excluding tert-OH is 1. The predicted molar refractivity (Wildman–Crippen MR) is 136 cm³/mol. The maximum Gasteiger partial charge on any atom is 0.289 e. The Balaban J connectivity index is 1.46. The molecule has 1 aliphatic rings. The molecule has 194 valence electrons. The summed E-state index contributed by atoms with van der Waals surface area (Å²) in [6.45, 7) is 1.98. The molecule has 38 heavy (non-hydrogen) atoms. The molecule has 0 aliphatic carbocycles. The SMILES string of the molecule is COc1cc(-c2c[nH]c3nccc(Oc4c(F)cc(NC5=NC(C)C(CO)CO5)cc4F)c23)ccc1C#N. The Labute approximate surface area is 216 Å². The van der Waals surface area contributed by atoms with Crippen molar-refractivity contribution in [2.24, 2.45) is 10.9 Å². The number of halogens is 2. The normalized spacial score (nSPS) is 16.9. The van der Waals surface area contributed by atoms with E-state index in [-0.39, 0.29) is 42.6 Å². The van der Waals surface area contributed by atoms with Crippen molar-refractivity contribution >= 4 is 22.7 Å². The molecule has 9 nitrogen and oxygen atoms in total. The Kier molecular flexibility index (Phi) is 6.81. The number of aromatic amines is 1. The second-order valence-electron chi connectivity index (χ2n) is 8.69. The fraction of sp³-hybridized carbons (Fsp3) is 0.222. The van der Waals surface area contributed by atoms with Crippen LogP contribution in [0.1, 0.15) is 12.5 Å². The Morgan fingerprint density at radius 2 is 2.00 bits per heavy atom. The number of aliphatic imine (C=N–C) groups is 1. The highest BCUT2D eigenvalue weighted by Gasteiger charge is 2.24. The summed E-state index contributed by atoms with van der Waals surface area (Å²) in [4.78, 5) is 11.6. The van der Waals surface area contributed by atoms with Gasteiger partial charge in [-0.3, -0.25) is 0 Å². The van der Waals surface area contributed by atoms with Gasteiger partial charge in [-0.05, 0) is 30.7 Å². The minimum Gasteiger partial charge on any atom is -0.495 e. The molecule has 5 rings (SSSR count). The molecule has 2 aromatic heterocycles. The number of aromatic nitrogens is 2. The van der Waals surface area contributed by atoms with Gasteiger partial charge in [-0.25, -0.2) is 18.8 Å². The number of amidine groups is 1. The highest BCUT2D eigenvalue weighted by atomic mass is 19.1. The van der Waals surface area contributed by atoms with Crippen LogP contribution in [-0.4, -0.2) is 47.5 Å². The average Bonchev–Trinajstić information content (AvgIpc) is 3.35. The molecule has 11 heteroatoms. The third kappa shape index (κ3) is 4.69. The van der Waals surface area contributed by atoms with Crippen molar-refractivity contribution in [2.75, 3.05) is 25.6 Å². The van der Waals surface area contributed by atoms with Crippen molar-refractivity contribution in [3.05, 3.63) is 66.0 Å². The Morgan fingerprint density at radius 1 is 1.21 bits per heavy atom. The van der Waals surface area contributed by atoms with Crippen LogP contribution in [0.5, 0.6) is 17.2 Å². The zero-order valence-corrected chi connectivity index (χ0v) is 20.5. The van der Waals surface area contributed by atoms with Gasteiger partial charge in [-0.15, -0.1) is 0 Å². The van der Waals surface area contributed by atoms with E-state index in [0.717, 1.165) is 12.1 Å². The number of aliphatic hydroxyl groups is 1. The number of rotatable bonds is 6. The molecule has 0 saturated heterocycles. The smallest absolute Gasteiger partial charge is 0.289 e. The number of anilines is 1. The Morgan fingerprint density at radius 3 is 2.68 bits per heavy atom. The van der Waals surface area contributed by atoms with Gasteiger partial charge in [0.1, 0.15) is 23.2 Å². The van der Waals surface area contributed by atoms with Gasteiger partial charge in [0.05, 0.1) is 37.3 Å². The van der Waals surface area contributed by atoms with Crippen LogP contribution in [-0.2, 0) is 4.74 Å². The summed E-state index contributed by atoms with van der Waals surface area (Å²) in [5.41, 5.74) is 2.25. The number of hydrogen-bond acceptors (Lipinski definition) is 8. The first kappa shape index (κ1) is 25.0. The number of nitrogens with zero attached hydrogens (tertiary/aromatic N) is 3. The van der Waals surface area contributed by atoms with E-state index in [9.17, 15) is 10.4 Å². The van der Waals surface area contributed by atoms with Gasteiger partial charge >= 0.3 is 0 Å². The number of methoxy groups -OCH3 is 1. The van der Waals surface area contributed by atoms with Gasteiger partial charge in [0, 0.05) is 41.7 Å². The molecule has 0 spiro atoms. The molecule has 0 bridgehead atoms. The molecular formula is C27H23F2N5O4. The van der Waals surface area contributed by atoms with Gasteiger partial charge in [-0.2, -0.15) is 5.26 Å². The second kappa shape index (κ2) is 10.4. The van der Waals surface area contributed by atoms with Crippen molar-refractivity contribution in [3.63, 3.8) is 0 Å². The summed E-state index contributed by atoms with van der Waals surface area (Å²) in [7, 11) is 1.47. The molecule has 0 amide bonds. The van der Waals surface area contributed by atoms with Gasteiger partial charge in [-0.1, -0.05) is 6.07 Å². The molecule has 3 N–H and O–H groups in total. The minimum absolute atomic E-state index is 0.0723. The van der Waals surface area contributed by atoms with Gasteiger partial charge in [0.2, 0.25) is 0 Å². The van der Waals surface area contributed by atoms with Crippen LogP contribution in [0.4, 0.5) is 14.5 Å². The van der Waals surface area contributed by atoms with E-state index in [0.29, 0.717) is 33.5 Å². The molecule has 0 radical (unpaired) electrons. The van der Waals surface area contributed by atoms with E-state index in [1.54, 1.807) is 24.4 Å². The maximum atomic E-state index is 15.1. The fourth-order valence-corrected chi connectivity index (χ4v) is 4.18. The molecule has 1 aliphatic heterocycles. The predicted octanol–water partition coefficient (Wildman–Crippen LogP) is 4.98. The number of pyridine rings is 1. The average molecular weight is 520 g/mol. The zero-order valence-electron chi connectivity index (χ0n) is 20.5. The van der Waals surface area contributed by atoms with E-state index in [1.165, 1.54) is 19.4 Å². The first-order chi connectivity index (χ1) is 18.4. The first-order valence-corrected chi connectivity index (χ1v) is 11.7. The summed E-state index contributed by atoms with van der Waals surface area (Å²) < 4.78 is 46.7. The number of fused-ring (bicyclic) bond motifs is 1. The number of benzene rings is 2. The highest BCUT2D eigenvalue weighted by Crippen LogP contribution is 2.39. The number of nitriles is 1. The van der Waals surface area contributed by atoms with E-state index in [2.05, 4.69) is 26.3 Å². The molecule has 2 aromatic carbocycles. The fourth-order valence-electron chi connectivity index (χ4n) is 4.18. The van der Waals surface area contributed by atoms with Gasteiger partial charge < -0.3 is 29.6 Å². The lowest BCUT2D eigenvalue weighted by molar-refractivity contribution is 0.125. The summed E-state index contributed by atoms with van der Waals surface area (Å²) in [6, 6.07) is 10.7. The third-order valence-electron chi connectivity index (χ3n) is 6.30. The number of ether oxygens (including phenoxy) is 3. The maximum absolute atomic E-state index is 15.1. The van der Waals surface area contributed by atoms with Crippen molar-refractivity contribution in [3.8, 4) is 34.4 Å². The van der Waals surface area contributed by atoms with Crippen LogP contribution in [0, 0.1) is 28.9 Å². The third-order valence-corrected chi connectivity index (χ3v) is 6.30. The van der Waals surface area contributed by atoms with Crippen LogP contribution in [0.25, 0.3) is 22.2 Å². The van der Waals surface area contributed by atoms with Crippen LogP contribution in [0.2, 0.25) is 0 Å². The summed E-state index contributed by atoms with van der Waals surface area (Å²) in [5, 5.41) is 21.9. The molecule has 4 aromatic rings. The molecule has 2 unspecified atom stereocenters. The Hall–Kier alpha value is -4.69. The van der Waals surface area contributed by atoms with Crippen molar-refractivity contribution in [1.82, 2.24) is 9.97 Å². The number of nitrogens with one attached hydrogen (secondary N) is 2. The Bertz CT molecular complexity index is 1560. The quantitative estimate of drug-likeness (QED) is 0.328. The van der Waals surface area contributed by atoms with Gasteiger partial charge in [0.15, 0.2) is 17.4 Å². The topological polar surface area (TPSA) is 125 Å². The lowest BCUT2D eigenvalue weighted by atomic mass is 10.0. The summed E-state index contributed by atoms with van der Waals surface area (Å²) in [5.74, 6) is -2.05. The van der Waals surface area contributed by atoms with Crippen LogP contribution in [0.3, 0.4) is 0 Å². The second-order valence-corrected chi connectivity index (χ2v) is 8.69. The molecule has 0 fully saturated rings. The van der Waals surface area contributed by atoms with E-state index >= 15 is 8.78 Å². The van der Waals surface area contributed by atoms with Gasteiger partial charge in [0.25, 0.3) is 6.02 Å². The van der Waals surface area contributed by atoms with Crippen molar-refractivity contribution in [1.29, 1.82) is 5.26 Å². The monoisotopic (exact) mass is 519 g/mol. The highest BCUT2D eigenvalue weighted by molar-refractivity contribution is 5.98. The minimum atomic E-state index is -0.938. The van der Waals surface area contributed by atoms with E-state index in [4.69, 9.17) is 14.2 Å². The lowest BCUT2D eigenvalue weighted by Crippen LogP contribution is -2.35. The van der Waals surface area contributed by atoms with Crippen LogP contribution in [0.15, 0.2) is 53.8 Å². The largest absolute Gasteiger partial charge is 0.495 e.